The molecular formula is C10H15FN4O. The van der Waals surface area contributed by atoms with Crippen LogP contribution in [-0.2, 0) is 11.2 Å². The van der Waals surface area contributed by atoms with Crippen LogP contribution in [0.2, 0.25) is 0 Å². The second kappa shape index (κ2) is 5.18. The molecule has 0 radical (unpaired) electrons. The highest BCUT2D eigenvalue weighted by Crippen LogP contribution is 2.16. The standard InChI is InChI=1S/C10H15FN4O/c1-2-8-9(11)10(13-7-12-8)15-4-6-16-5-3-14-15/h7,14H,2-6H2,1H3. The van der Waals surface area contributed by atoms with Crippen molar-refractivity contribution in [3.8, 4) is 0 Å². The van der Waals surface area contributed by atoms with Crippen molar-refractivity contribution in [2.24, 2.45) is 0 Å². The largest absolute Gasteiger partial charge is 0.378 e. The van der Waals surface area contributed by atoms with Crippen molar-refractivity contribution in [2.45, 2.75) is 13.3 Å². The van der Waals surface area contributed by atoms with Gasteiger partial charge in [0, 0.05) is 6.54 Å². The van der Waals surface area contributed by atoms with Crippen LogP contribution in [-0.4, -0.2) is 36.3 Å². The summed E-state index contributed by atoms with van der Waals surface area (Å²) in [4.78, 5) is 7.88. The van der Waals surface area contributed by atoms with E-state index in [1.54, 1.807) is 5.01 Å². The quantitative estimate of drug-likeness (QED) is 0.796. The van der Waals surface area contributed by atoms with Crippen molar-refractivity contribution in [1.82, 2.24) is 15.4 Å². The molecule has 0 aromatic carbocycles. The molecule has 2 heterocycles. The van der Waals surface area contributed by atoms with E-state index in [2.05, 4.69) is 15.4 Å². The average Bonchev–Trinajstić information content (AvgIpc) is 2.58. The highest BCUT2D eigenvalue weighted by atomic mass is 19.1. The van der Waals surface area contributed by atoms with Gasteiger partial charge in [-0.05, 0) is 6.42 Å². The summed E-state index contributed by atoms with van der Waals surface area (Å²) >= 11 is 0. The number of aryl methyl sites for hydroxylation is 1. The monoisotopic (exact) mass is 226 g/mol. The third-order valence-electron chi connectivity index (χ3n) is 2.44. The van der Waals surface area contributed by atoms with Crippen LogP contribution < -0.4 is 10.4 Å². The third kappa shape index (κ3) is 2.28. The molecule has 0 saturated carbocycles. The van der Waals surface area contributed by atoms with E-state index in [1.807, 2.05) is 6.92 Å². The van der Waals surface area contributed by atoms with Crippen LogP contribution in [0.25, 0.3) is 0 Å². The highest BCUT2D eigenvalue weighted by molar-refractivity contribution is 5.39. The number of hydrazine groups is 1. The van der Waals surface area contributed by atoms with Gasteiger partial charge in [0.1, 0.15) is 6.33 Å². The van der Waals surface area contributed by atoms with E-state index in [9.17, 15) is 4.39 Å². The van der Waals surface area contributed by atoms with E-state index in [0.29, 0.717) is 44.2 Å². The van der Waals surface area contributed by atoms with Gasteiger partial charge in [0.25, 0.3) is 0 Å². The zero-order valence-corrected chi connectivity index (χ0v) is 9.24. The summed E-state index contributed by atoms with van der Waals surface area (Å²) in [5, 5.41) is 1.68. The first-order valence-corrected chi connectivity index (χ1v) is 5.41. The van der Waals surface area contributed by atoms with E-state index in [-0.39, 0.29) is 5.82 Å². The van der Waals surface area contributed by atoms with Gasteiger partial charge < -0.3 is 4.74 Å². The minimum atomic E-state index is -0.348. The number of anilines is 1. The summed E-state index contributed by atoms with van der Waals surface area (Å²) in [6.45, 7) is 4.30. The fourth-order valence-electron chi connectivity index (χ4n) is 1.60. The molecule has 1 saturated heterocycles. The Morgan fingerprint density at radius 3 is 3.19 bits per heavy atom. The lowest BCUT2D eigenvalue weighted by Gasteiger charge is -2.21. The smallest absolute Gasteiger partial charge is 0.188 e. The van der Waals surface area contributed by atoms with Gasteiger partial charge in [-0.1, -0.05) is 6.92 Å². The molecule has 1 aromatic heterocycles. The molecule has 6 heteroatoms. The van der Waals surface area contributed by atoms with Crippen LogP contribution in [0.15, 0.2) is 6.33 Å². The molecule has 0 bridgehead atoms. The topological polar surface area (TPSA) is 50.3 Å². The van der Waals surface area contributed by atoms with Crippen LogP contribution >= 0.6 is 0 Å². The zero-order chi connectivity index (χ0) is 11.4. The Hall–Kier alpha value is -1.27. The van der Waals surface area contributed by atoms with Gasteiger partial charge in [0.15, 0.2) is 11.6 Å². The molecular weight excluding hydrogens is 211 g/mol. The Kier molecular flexibility index (Phi) is 3.63. The Morgan fingerprint density at radius 1 is 1.50 bits per heavy atom. The predicted octanol–water partition coefficient (Wildman–Crippen LogP) is 0.519. The molecule has 0 spiro atoms. The van der Waals surface area contributed by atoms with Crippen molar-refractivity contribution >= 4 is 5.82 Å². The molecule has 0 atom stereocenters. The summed E-state index contributed by atoms with van der Waals surface area (Å²) in [5.74, 6) is -0.0447. The minimum Gasteiger partial charge on any atom is -0.378 e. The highest BCUT2D eigenvalue weighted by Gasteiger charge is 2.17. The van der Waals surface area contributed by atoms with Crippen molar-refractivity contribution in [2.75, 3.05) is 31.3 Å². The summed E-state index contributed by atoms with van der Waals surface area (Å²) in [6, 6.07) is 0. The number of hydrogen-bond acceptors (Lipinski definition) is 5. The third-order valence-corrected chi connectivity index (χ3v) is 2.44. The number of nitrogens with zero attached hydrogens (tertiary/aromatic N) is 3. The molecule has 0 amide bonds. The molecule has 0 unspecified atom stereocenters. The SMILES string of the molecule is CCc1ncnc(N2CCOCCN2)c1F. The number of rotatable bonds is 2. The molecule has 1 N–H and O–H groups in total. The molecule has 88 valence electrons. The van der Waals surface area contributed by atoms with Gasteiger partial charge >= 0.3 is 0 Å². The number of halogens is 1. The van der Waals surface area contributed by atoms with Crippen LogP contribution in [0, 0.1) is 5.82 Å². The number of nitrogens with one attached hydrogen (secondary N) is 1. The molecule has 5 nitrogen and oxygen atoms in total. The van der Waals surface area contributed by atoms with E-state index >= 15 is 0 Å². The van der Waals surface area contributed by atoms with Gasteiger partial charge in [0.2, 0.25) is 0 Å². The van der Waals surface area contributed by atoms with Gasteiger partial charge in [-0.25, -0.2) is 19.8 Å². The molecule has 16 heavy (non-hydrogen) atoms. The van der Waals surface area contributed by atoms with Crippen LogP contribution in [0.1, 0.15) is 12.6 Å². The molecule has 1 aromatic rings. The first-order chi connectivity index (χ1) is 7.83. The lowest BCUT2D eigenvalue weighted by atomic mass is 10.3. The maximum absolute atomic E-state index is 13.9. The first-order valence-electron chi connectivity index (χ1n) is 5.41. The minimum absolute atomic E-state index is 0.303. The number of hydrogen-bond donors (Lipinski definition) is 1. The van der Waals surface area contributed by atoms with Gasteiger partial charge in [-0.3, -0.25) is 5.01 Å². The maximum Gasteiger partial charge on any atom is 0.188 e. The van der Waals surface area contributed by atoms with Crippen LogP contribution in [0.3, 0.4) is 0 Å². The Balaban J connectivity index is 2.24. The maximum atomic E-state index is 13.9. The average molecular weight is 226 g/mol. The normalized spacial score (nSPS) is 17.2. The van der Waals surface area contributed by atoms with Gasteiger partial charge in [0.05, 0.1) is 25.5 Å². The van der Waals surface area contributed by atoms with E-state index < -0.39 is 0 Å². The van der Waals surface area contributed by atoms with Gasteiger partial charge in [-0.15, -0.1) is 0 Å². The van der Waals surface area contributed by atoms with Crippen LogP contribution in [0.5, 0.6) is 0 Å². The predicted molar refractivity (Wildman–Crippen MR) is 57.5 cm³/mol. The van der Waals surface area contributed by atoms with Crippen molar-refractivity contribution in [3.63, 3.8) is 0 Å². The zero-order valence-electron chi connectivity index (χ0n) is 9.24. The van der Waals surface area contributed by atoms with Crippen molar-refractivity contribution in [3.05, 3.63) is 17.8 Å². The molecule has 2 rings (SSSR count). The molecule has 1 aliphatic heterocycles. The lowest BCUT2D eigenvalue weighted by molar-refractivity contribution is 0.158. The summed E-state index contributed by atoms with van der Waals surface area (Å²) in [6.07, 6.45) is 1.95. The lowest BCUT2D eigenvalue weighted by Crippen LogP contribution is -2.40. The Labute approximate surface area is 93.6 Å². The summed E-state index contributed by atoms with van der Waals surface area (Å²) in [7, 11) is 0. The molecule has 1 fully saturated rings. The second-order valence-electron chi connectivity index (χ2n) is 3.48. The van der Waals surface area contributed by atoms with E-state index in [0.717, 1.165) is 0 Å². The summed E-state index contributed by atoms with van der Waals surface area (Å²) in [5.41, 5.74) is 3.51. The van der Waals surface area contributed by atoms with Crippen LogP contribution in [0.4, 0.5) is 10.2 Å². The fraction of sp³-hybridized carbons (Fsp3) is 0.600. The van der Waals surface area contributed by atoms with E-state index in [4.69, 9.17) is 4.74 Å². The fourth-order valence-corrected chi connectivity index (χ4v) is 1.60. The summed E-state index contributed by atoms with van der Waals surface area (Å²) < 4.78 is 19.2. The van der Waals surface area contributed by atoms with Gasteiger partial charge in [-0.2, -0.15) is 0 Å². The van der Waals surface area contributed by atoms with Crippen molar-refractivity contribution in [1.29, 1.82) is 0 Å². The van der Waals surface area contributed by atoms with Crippen molar-refractivity contribution < 1.29 is 9.13 Å². The number of aromatic nitrogens is 2. The molecule has 0 aliphatic carbocycles. The Morgan fingerprint density at radius 2 is 2.38 bits per heavy atom. The molecule has 1 aliphatic rings. The van der Waals surface area contributed by atoms with E-state index in [1.165, 1.54) is 6.33 Å². The second-order valence-corrected chi connectivity index (χ2v) is 3.48. The first kappa shape index (κ1) is 11.2. The number of ether oxygens (including phenoxy) is 1. The Bertz CT molecular complexity index is 353.